The molecule has 0 aromatic rings. The van der Waals surface area contributed by atoms with Crippen molar-refractivity contribution in [3.8, 4) is 0 Å². The Morgan fingerprint density at radius 3 is 1.84 bits per heavy atom. The first-order valence-electron chi connectivity index (χ1n) is 9.78. The summed E-state index contributed by atoms with van der Waals surface area (Å²) in [7, 11) is 0. The van der Waals surface area contributed by atoms with Gasteiger partial charge in [-0.1, -0.05) is 0 Å². The second kappa shape index (κ2) is 7.07. The Bertz CT molecular complexity index is 493. The molecule has 2 N–H and O–H groups in total. The van der Waals surface area contributed by atoms with E-state index in [1.165, 1.54) is 19.3 Å². The maximum absolute atomic E-state index is 13.3. The summed E-state index contributed by atoms with van der Waals surface area (Å²) in [5, 5.41) is 0. The predicted molar refractivity (Wildman–Crippen MR) is 99.3 cm³/mol. The normalized spacial score (nSPS) is 37.6. The van der Waals surface area contributed by atoms with Gasteiger partial charge in [0, 0.05) is 38.6 Å². The number of hydrogen-bond donors (Lipinski definition) is 1. The molecule has 5 nitrogen and oxygen atoms in total. The number of halogens is 1. The molecule has 142 valence electrons. The zero-order valence-electron chi connectivity index (χ0n) is 15.3. The molecule has 5 aliphatic rings. The lowest BCUT2D eigenvalue weighted by Crippen LogP contribution is -2.58. The molecule has 1 aliphatic heterocycles. The number of nitrogens with two attached hydrogens (primary N) is 1. The minimum Gasteiger partial charge on any atom is -0.339 e. The van der Waals surface area contributed by atoms with Gasteiger partial charge in [0.15, 0.2) is 0 Å². The van der Waals surface area contributed by atoms with Crippen LogP contribution in [-0.4, -0.2) is 53.8 Å². The summed E-state index contributed by atoms with van der Waals surface area (Å²) < 4.78 is 0. The maximum atomic E-state index is 13.3. The van der Waals surface area contributed by atoms with Crippen LogP contribution in [0, 0.1) is 23.2 Å². The molecular weight excluding hydrogens is 338 g/mol. The van der Waals surface area contributed by atoms with Crippen LogP contribution in [-0.2, 0) is 9.59 Å². The SMILES string of the molecule is CC(N)CC(=O)N1CCN(C(=O)C23CC4CC(CC(C4)C2)C3)CC1.Cl. The molecule has 6 heteroatoms. The van der Waals surface area contributed by atoms with Gasteiger partial charge < -0.3 is 15.5 Å². The van der Waals surface area contributed by atoms with E-state index in [1.54, 1.807) is 0 Å². The molecule has 0 aromatic heterocycles. The fraction of sp³-hybridized carbons (Fsp3) is 0.895. The lowest BCUT2D eigenvalue weighted by atomic mass is 9.49. The van der Waals surface area contributed by atoms with Crippen LogP contribution >= 0.6 is 12.4 Å². The van der Waals surface area contributed by atoms with Crippen LogP contribution < -0.4 is 5.73 Å². The molecule has 1 heterocycles. The van der Waals surface area contributed by atoms with Crippen molar-refractivity contribution in [2.75, 3.05) is 26.2 Å². The van der Waals surface area contributed by atoms with Crippen LogP contribution in [0.3, 0.4) is 0 Å². The fourth-order valence-electron chi connectivity index (χ4n) is 6.27. The summed E-state index contributed by atoms with van der Waals surface area (Å²) in [5.41, 5.74) is 5.68. The van der Waals surface area contributed by atoms with E-state index in [0.717, 1.165) is 37.0 Å². The highest BCUT2D eigenvalue weighted by molar-refractivity contribution is 5.85. The molecule has 4 bridgehead atoms. The van der Waals surface area contributed by atoms with E-state index in [0.29, 0.717) is 38.5 Å². The van der Waals surface area contributed by atoms with Gasteiger partial charge in [0.1, 0.15) is 0 Å². The number of nitrogens with zero attached hydrogens (tertiary/aromatic N) is 2. The minimum absolute atomic E-state index is 0. The molecule has 4 aliphatic carbocycles. The van der Waals surface area contributed by atoms with Crippen molar-refractivity contribution in [3.05, 3.63) is 0 Å². The first-order chi connectivity index (χ1) is 11.4. The third kappa shape index (κ3) is 3.55. The minimum atomic E-state index is -0.0933. The van der Waals surface area contributed by atoms with Gasteiger partial charge in [0.05, 0.1) is 5.41 Å². The average Bonchev–Trinajstić information content (AvgIpc) is 2.52. The summed E-state index contributed by atoms with van der Waals surface area (Å²) in [6.07, 6.45) is 7.89. The van der Waals surface area contributed by atoms with E-state index in [1.807, 2.05) is 11.8 Å². The monoisotopic (exact) mass is 369 g/mol. The number of rotatable bonds is 3. The van der Waals surface area contributed by atoms with Crippen molar-refractivity contribution < 1.29 is 9.59 Å². The highest BCUT2D eigenvalue weighted by Gasteiger charge is 2.55. The van der Waals surface area contributed by atoms with Crippen molar-refractivity contribution >= 4 is 24.2 Å². The number of carbonyl (C=O) groups is 2. The summed E-state index contributed by atoms with van der Waals surface area (Å²) in [6, 6.07) is -0.0933. The van der Waals surface area contributed by atoms with Gasteiger partial charge in [-0.2, -0.15) is 0 Å². The average molecular weight is 370 g/mol. The van der Waals surface area contributed by atoms with Crippen LogP contribution in [0.15, 0.2) is 0 Å². The number of hydrogen-bond acceptors (Lipinski definition) is 3. The highest BCUT2D eigenvalue weighted by atomic mass is 35.5. The Hall–Kier alpha value is -0.810. The van der Waals surface area contributed by atoms with Gasteiger partial charge in [-0.25, -0.2) is 0 Å². The fourth-order valence-corrected chi connectivity index (χ4v) is 6.27. The maximum Gasteiger partial charge on any atom is 0.228 e. The lowest BCUT2D eigenvalue weighted by Gasteiger charge is -2.57. The van der Waals surface area contributed by atoms with Gasteiger partial charge >= 0.3 is 0 Å². The largest absolute Gasteiger partial charge is 0.339 e. The van der Waals surface area contributed by atoms with E-state index < -0.39 is 0 Å². The van der Waals surface area contributed by atoms with Gasteiger partial charge in [-0.3, -0.25) is 9.59 Å². The Labute approximate surface area is 157 Å². The topological polar surface area (TPSA) is 66.6 Å². The molecule has 1 saturated heterocycles. The van der Waals surface area contributed by atoms with Crippen molar-refractivity contribution in [1.29, 1.82) is 0 Å². The Morgan fingerprint density at radius 1 is 0.960 bits per heavy atom. The first-order valence-corrected chi connectivity index (χ1v) is 9.78. The zero-order valence-corrected chi connectivity index (χ0v) is 16.1. The second-order valence-corrected chi connectivity index (χ2v) is 9.05. The summed E-state index contributed by atoms with van der Waals surface area (Å²) in [4.78, 5) is 29.4. The third-order valence-electron chi connectivity index (χ3n) is 6.91. The molecule has 0 aromatic carbocycles. The molecule has 4 saturated carbocycles. The quantitative estimate of drug-likeness (QED) is 0.827. The molecular formula is C19H32ClN3O2. The van der Waals surface area contributed by atoms with Crippen LogP contribution in [0.4, 0.5) is 0 Å². The van der Waals surface area contributed by atoms with Crippen LogP contribution in [0.25, 0.3) is 0 Å². The van der Waals surface area contributed by atoms with Crippen LogP contribution in [0.1, 0.15) is 51.9 Å². The van der Waals surface area contributed by atoms with E-state index in [-0.39, 0.29) is 29.8 Å². The molecule has 1 atom stereocenters. The van der Waals surface area contributed by atoms with E-state index in [4.69, 9.17) is 5.73 Å². The Morgan fingerprint density at radius 2 is 1.40 bits per heavy atom. The standard InChI is InChI=1S/C19H31N3O2.ClH/c1-13(20)6-17(23)21-2-4-22(5-3-21)18(24)19-10-14-7-15(11-19)9-16(8-14)12-19;/h13-16H,2-12,20H2,1H3;1H. The molecule has 5 rings (SSSR count). The Kier molecular flexibility index (Phi) is 5.36. The van der Waals surface area contributed by atoms with Crippen molar-refractivity contribution in [2.45, 2.75) is 57.9 Å². The van der Waals surface area contributed by atoms with Gasteiger partial charge in [-0.05, 0) is 63.2 Å². The molecule has 0 radical (unpaired) electrons. The summed E-state index contributed by atoms with van der Waals surface area (Å²) >= 11 is 0. The molecule has 0 spiro atoms. The lowest BCUT2D eigenvalue weighted by molar-refractivity contribution is -0.160. The van der Waals surface area contributed by atoms with Crippen molar-refractivity contribution in [3.63, 3.8) is 0 Å². The first kappa shape index (κ1) is 19.0. The Balaban J connectivity index is 0.00000182. The highest BCUT2D eigenvalue weighted by Crippen LogP contribution is 2.60. The second-order valence-electron chi connectivity index (χ2n) is 9.05. The molecule has 2 amide bonds. The summed E-state index contributed by atoms with van der Waals surface area (Å²) in [6.45, 7) is 4.61. The van der Waals surface area contributed by atoms with E-state index in [2.05, 4.69) is 4.90 Å². The van der Waals surface area contributed by atoms with Crippen LogP contribution in [0.2, 0.25) is 0 Å². The number of piperazine rings is 1. The number of carbonyl (C=O) groups excluding carboxylic acids is 2. The smallest absolute Gasteiger partial charge is 0.228 e. The third-order valence-corrected chi connectivity index (χ3v) is 6.91. The van der Waals surface area contributed by atoms with Crippen LogP contribution in [0.5, 0.6) is 0 Å². The van der Waals surface area contributed by atoms with Crippen molar-refractivity contribution in [1.82, 2.24) is 9.80 Å². The van der Waals surface area contributed by atoms with E-state index in [9.17, 15) is 9.59 Å². The molecule has 1 unspecified atom stereocenters. The van der Waals surface area contributed by atoms with E-state index >= 15 is 0 Å². The van der Waals surface area contributed by atoms with Gasteiger partial charge in [0.2, 0.25) is 11.8 Å². The molecule has 5 fully saturated rings. The van der Waals surface area contributed by atoms with Crippen molar-refractivity contribution in [2.24, 2.45) is 28.9 Å². The molecule has 25 heavy (non-hydrogen) atoms. The van der Waals surface area contributed by atoms with Gasteiger partial charge in [0.25, 0.3) is 0 Å². The zero-order chi connectivity index (χ0) is 16.9. The number of amides is 2. The van der Waals surface area contributed by atoms with Gasteiger partial charge in [-0.15, -0.1) is 12.4 Å². The summed E-state index contributed by atoms with van der Waals surface area (Å²) in [5.74, 6) is 2.94. The predicted octanol–water partition coefficient (Wildman–Crippen LogP) is 2.03.